The van der Waals surface area contributed by atoms with Crippen molar-refractivity contribution in [1.29, 1.82) is 0 Å². The number of nitrogens with one attached hydrogen (secondary N) is 1. The van der Waals surface area contributed by atoms with Gasteiger partial charge in [-0.25, -0.2) is 13.9 Å². The van der Waals surface area contributed by atoms with Crippen LogP contribution in [-0.2, 0) is 26.0 Å². The van der Waals surface area contributed by atoms with Crippen LogP contribution in [0.2, 0.25) is 0 Å². The van der Waals surface area contributed by atoms with E-state index in [2.05, 4.69) is 4.98 Å². The van der Waals surface area contributed by atoms with Crippen LogP contribution in [-0.4, -0.2) is 57.7 Å². The zero-order valence-electron chi connectivity index (χ0n) is 17.9. The Morgan fingerprint density at radius 3 is 2.25 bits per heavy atom. The highest BCUT2D eigenvalue weighted by molar-refractivity contribution is 7.91. The SMILES string of the molecule is COc1cc(OCc2ccc(S(=O)(=O)CC3(C(=O)NO)CCOCC3)cc2)cc(OC)n1. The molecule has 0 saturated carbocycles. The molecule has 0 atom stereocenters. The van der Waals surface area contributed by atoms with Gasteiger partial charge in [-0.15, -0.1) is 0 Å². The van der Waals surface area contributed by atoms with Crippen molar-refractivity contribution in [3.63, 3.8) is 0 Å². The van der Waals surface area contributed by atoms with Crippen molar-refractivity contribution in [3.8, 4) is 17.5 Å². The third-order valence-electron chi connectivity index (χ3n) is 5.36. The number of aromatic nitrogens is 1. The van der Waals surface area contributed by atoms with Crippen LogP contribution in [0.4, 0.5) is 0 Å². The summed E-state index contributed by atoms with van der Waals surface area (Å²) in [6, 6.07) is 9.47. The number of ether oxygens (including phenoxy) is 4. The highest BCUT2D eigenvalue weighted by Crippen LogP contribution is 2.34. The first-order valence-corrected chi connectivity index (χ1v) is 11.5. The Morgan fingerprint density at radius 1 is 1.12 bits per heavy atom. The first-order valence-electron chi connectivity index (χ1n) is 9.89. The van der Waals surface area contributed by atoms with E-state index in [0.717, 1.165) is 5.56 Å². The second-order valence-electron chi connectivity index (χ2n) is 7.41. The quantitative estimate of drug-likeness (QED) is 0.419. The number of rotatable bonds is 9. The van der Waals surface area contributed by atoms with E-state index in [-0.39, 0.29) is 37.6 Å². The van der Waals surface area contributed by atoms with Gasteiger partial charge in [0.1, 0.15) is 12.4 Å². The highest BCUT2D eigenvalue weighted by Gasteiger charge is 2.44. The van der Waals surface area contributed by atoms with E-state index in [1.165, 1.54) is 26.4 Å². The molecule has 2 aromatic rings. The number of hydrogen-bond donors (Lipinski definition) is 2. The number of carbonyl (C=O) groups is 1. The summed E-state index contributed by atoms with van der Waals surface area (Å²) in [6.45, 7) is 0.693. The minimum Gasteiger partial charge on any atom is -0.489 e. The van der Waals surface area contributed by atoms with Crippen LogP contribution >= 0.6 is 0 Å². The molecule has 1 saturated heterocycles. The fourth-order valence-corrected chi connectivity index (χ4v) is 5.34. The van der Waals surface area contributed by atoms with Gasteiger partial charge in [0, 0.05) is 25.3 Å². The molecule has 1 aromatic heterocycles. The number of methoxy groups -OCH3 is 2. The van der Waals surface area contributed by atoms with Gasteiger partial charge < -0.3 is 18.9 Å². The molecule has 0 bridgehead atoms. The third-order valence-corrected chi connectivity index (χ3v) is 7.28. The number of pyridine rings is 1. The largest absolute Gasteiger partial charge is 0.489 e. The molecule has 0 unspecified atom stereocenters. The topological polar surface area (TPSA) is 133 Å². The zero-order chi connectivity index (χ0) is 23.2. The first kappa shape index (κ1) is 23.8. The Labute approximate surface area is 186 Å². The molecular weight excluding hydrogens is 440 g/mol. The minimum atomic E-state index is -3.78. The maximum Gasteiger partial charge on any atom is 0.250 e. The average molecular weight is 467 g/mol. The van der Waals surface area contributed by atoms with Crippen molar-refractivity contribution in [2.24, 2.45) is 5.41 Å². The van der Waals surface area contributed by atoms with E-state index in [0.29, 0.717) is 17.5 Å². The predicted molar refractivity (Wildman–Crippen MR) is 113 cm³/mol. The van der Waals surface area contributed by atoms with Gasteiger partial charge in [0.15, 0.2) is 9.84 Å². The van der Waals surface area contributed by atoms with Crippen LogP contribution in [0.1, 0.15) is 18.4 Å². The van der Waals surface area contributed by atoms with E-state index in [1.807, 2.05) is 0 Å². The highest BCUT2D eigenvalue weighted by atomic mass is 32.2. The zero-order valence-corrected chi connectivity index (χ0v) is 18.7. The molecule has 1 aliphatic heterocycles. The van der Waals surface area contributed by atoms with E-state index in [4.69, 9.17) is 24.2 Å². The Balaban J connectivity index is 1.71. The van der Waals surface area contributed by atoms with Crippen LogP contribution in [0.15, 0.2) is 41.3 Å². The molecule has 0 radical (unpaired) electrons. The number of nitrogens with zero attached hydrogens (tertiary/aromatic N) is 1. The number of hydrogen-bond acceptors (Lipinski definition) is 9. The molecule has 1 aromatic carbocycles. The molecule has 1 aliphatic rings. The van der Waals surface area contributed by atoms with Gasteiger partial charge in [0.05, 0.1) is 30.3 Å². The second-order valence-corrected chi connectivity index (χ2v) is 9.40. The molecule has 1 fully saturated rings. The van der Waals surface area contributed by atoms with Crippen molar-refractivity contribution in [2.75, 3.05) is 33.2 Å². The van der Waals surface area contributed by atoms with Crippen molar-refractivity contribution >= 4 is 15.7 Å². The molecule has 2 N–H and O–H groups in total. The second kappa shape index (κ2) is 10.2. The summed E-state index contributed by atoms with van der Waals surface area (Å²) < 4.78 is 47.2. The van der Waals surface area contributed by atoms with E-state index < -0.39 is 26.9 Å². The standard InChI is InChI=1S/C21H26N2O8S/c1-28-18-11-16(12-19(22-18)29-2)31-13-15-3-5-17(6-4-15)32(26,27)14-21(20(24)23-25)7-9-30-10-8-21/h3-6,11-12,25H,7-10,13-14H2,1-2H3,(H,23,24). The molecule has 3 rings (SSSR count). The Morgan fingerprint density at radius 2 is 1.72 bits per heavy atom. The summed E-state index contributed by atoms with van der Waals surface area (Å²) in [5, 5.41) is 9.11. The van der Waals surface area contributed by atoms with Crippen LogP contribution in [0.3, 0.4) is 0 Å². The van der Waals surface area contributed by atoms with E-state index in [9.17, 15) is 13.2 Å². The van der Waals surface area contributed by atoms with E-state index in [1.54, 1.807) is 29.7 Å². The number of sulfone groups is 1. The van der Waals surface area contributed by atoms with Crippen molar-refractivity contribution in [3.05, 3.63) is 42.0 Å². The molecule has 0 spiro atoms. The van der Waals surface area contributed by atoms with Gasteiger partial charge in [-0.2, -0.15) is 4.98 Å². The maximum absolute atomic E-state index is 13.0. The Bertz CT molecular complexity index is 1010. The minimum absolute atomic E-state index is 0.0881. The monoisotopic (exact) mass is 466 g/mol. The van der Waals surface area contributed by atoms with Gasteiger partial charge in [-0.05, 0) is 30.5 Å². The molecular formula is C21H26N2O8S. The summed E-state index contributed by atoms with van der Waals surface area (Å²) in [4.78, 5) is 16.4. The summed E-state index contributed by atoms with van der Waals surface area (Å²) in [5.74, 6) is 0.0475. The van der Waals surface area contributed by atoms with Gasteiger partial charge >= 0.3 is 0 Å². The normalized spacial score (nSPS) is 15.6. The Kier molecular flexibility index (Phi) is 7.54. The molecule has 1 amide bonds. The molecule has 32 heavy (non-hydrogen) atoms. The van der Waals surface area contributed by atoms with Crippen LogP contribution < -0.4 is 19.7 Å². The number of amides is 1. The van der Waals surface area contributed by atoms with Gasteiger partial charge in [0.2, 0.25) is 11.8 Å². The smallest absolute Gasteiger partial charge is 0.250 e. The van der Waals surface area contributed by atoms with Crippen LogP contribution in [0.5, 0.6) is 17.5 Å². The van der Waals surface area contributed by atoms with Gasteiger partial charge in [-0.1, -0.05) is 12.1 Å². The summed E-state index contributed by atoms with van der Waals surface area (Å²) in [6.07, 6.45) is 0.423. The summed E-state index contributed by atoms with van der Waals surface area (Å²) in [5.41, 5.74) is 1.12. The number of hydroxylamine groups is 1. The number of carbonyl (C=O) groups excluding carboxylic acids is 1. The summed E-state index contributed by atoms with van der Waals surface area (Å²) in [7, 11) is -0.814. The maximum atomic E-state index is 13.0. The predicted octanol–water partition coefficient (Wildman–Crippen LogP) is 1.75. The third kappa shape index (κ3) is 5.47. The summed E-state index contributed by atoms with van der Waals surface area (Å²) >= 11 is 0. The molecule has 10 nitrogen and oxygen atoms in total. The van der Waals surface area contributed by atoms with Crippen LogP contribution in [0.25, 0.3) is 0 Å². The van der Waals surface area contributed by atoms with Crippen molar-refractivity contribution in [1.82, 2.24) is 10.5 Å². The number of benzene rings is 1. The van der Waals surface area contributed by atoms with E-state index >= 15 is 0 Å². The average Bonchev–Trinajstić information content (AvgIpc) is 2.82. The lowest BCUT2D eigenvalue weighted by molar-refractivity contribution is -0.143. The fraction of sp³-hybridized carbons (Fsp3) is 0.429. The lowest BCUT2D eigenvalue weighted by atomic mass is 9.81. The molecule has 2 heterocycles. The van der Waals surface area contributed by atoms with Gasteiger partial charge in [-0.3, -0.25) is 10.0 Å². The van der Waals surface area contributed by atoms with Crippen molar-refractivity contribution < 1.29 is 37.4 Å². The first-order chi connectivity index (χ1) is 15.3. The molecule has 11 heteroatoms. The lowest BCUT2D eigenvalue weighted by Gasteiger charge is -2.34. The molecule has 0 aliphatic carbocycles. The fourth-order valence-electron chi connectivity index (χ4n) is 3.48. The molecule has 174 valence electrons. The van der Waals surface area contributed by atoms with Crippen molar-refractivity contribution in [2.45, 2.75) is 24.3 Å². The van der Waals surface area contributed by atoms with Gasteiger partial charge in [0.25, 0.3) is 5.91 Å². The lowest BCUT2D eigenvalue weighted by Crippen LogP contribution is -2.47. The van der Waals surface area contributed by atoms with Crippen LogP contribution in [0, 0.1) is 5.41 Å². The Hall–Kier alpha value is -2.89.